The molecule has 0 aliphatic rings. The van der Waals surface area contributed by atoms with Crippen LogP contribution >= 0.6 is 0 Å². The normalized spacial score (nSPS) is 11.8. The van der Waals surface area contributed by atoms with Crippen molar-refractivity contribution in [3.63, 3.8) is 0 Å². The molecule has 23 heavy (non-hydrogen) atoms. The Bertz CT molecular complexity index is 710. The monoisotopic (exact) mass is 311 g/mol. The Kier molecular flexibility index (Phi) is 5.11. The molecular formula is C18H21N3O2. The van der Waals surface area contributed by atoms with E-state index in [4.69, 9.17) is 5.73 Å². The van der Waals surface area contributed by atoms with Crippen LogP contribution in [-0.4, -0.2) is 34.3 Å². The van der Waals surface area contributed by atoms with Gasteiger partial charge >= 0.3 is 0 Å². The molecular weight excluding hydrogens is 290 g/mol. The van der Waals surface area contributed by atoms with Crippen molar-refractivity contribution >= 4 is 11.8 Å². The smallest absolute Gasteiger partial charge is 0.254 e. The summed E-state index contributed by atoms with van der Waals surface area (Å²) in [5, 5.41) is 0. The third-order valence-corrected chi connectivity index (χ3v) is 3.80. The van der Waals surface area contributed by atoms with Crippen molar-refractivity contribution in [2.45, 2.75) is 26.8 Å². The highest BCUT2D eigenvalue weighted by molar-refractivity contribution is 5.97. The number of nitrogens with two attached hydrogens (primary N) is 1. The van der Waals surface area contributed by atoms with E-state index in [1.807, 2.05) is 44.2 Å². The van der Waals surface area contributed by atoms with Gasteiger partial charge in [0, 0.05) is 23.4 Å². The number of rotatable bonds is 5. The van der Waals surface area contributed by atoms with Gasteiger partial charge in [-0.25, -0.2) is 0 Å². The van der Waals surface area contributed by atoms with Gasteiger partial charge in [0.1, 0.15) is 6.04 Å². The van der Waals surface area contributed by atoms with Gasteiger partial charge < -0.3 is 10.6 Å². The van der Waals surface area contributed by atoms with Crippen molar-refractivity contribution in [3.8, 4) is 11.3 Å². The number of pyridine rings is 1. The topological polar surface area (TPSA) is 76.3 Å². The fraction of sp³-hybridized carbons (Fsp3) is 0.278. The SMILES string of the molecule is CCN(C(=O)c1ccc(-c2cccc(C)n2)cc1)C(C)C(N)=O. The molecule has 2 amide bonds. The number of benzene rings is 1. The van der Waals surface area contributed by atoms with Gasteiger partial charge in [-0.05, 0) is 45.0 Å². The second kappa shape index (κ2) is 7.05. The first kappa shape index (κ1) is 16.7. The molecule has 1 aromatic carbocycles. The molecule has 5 nitrogen and oxygen atoms in total. The number of carbonyl (C=O) groups excluding carboxylic acids is 2. The lowest BCUT2D eigenvalue weighted by Gasteiger charge is -2.25. The van der Waals surface area contributed by atoms with Gasteiger partial charge in [0.2, 0.25) is 5.91 Å². The summed E-state index contributed by atoms with van der Waals surface area (Å²) in [5.74, 6) is -0.719. The van der Waals surface area contributed by atoms with Crippen LogP contribution in [0, 0.1) is 6.92 Å². The Labute approximate surface area is 136 Å². The zero-order valence-electron chi connectivity index (χ0n) is 13.6. The fourth-order valence-electron chi connectivity index (χ4n) is 2.40. The lowest BCUT2D eigenvalue weighted by Crippen LogP contribution is -2.46. The van der Waals surface area contributed by atoms with Gasteiger partial charge in [0.15, 0.2) is 0 Å². The number of aromatic nitrogens is 1. The molecule has 1 aromatic heterocycles. The van der Waals surface area contributed by atoms with E-state index in [0.717, 1.165) is 17.0 Å². The number of aryl methyl sites for hydroxylation is 1. The van der Waals surface area contributed by atoms with Crippen molar-refractivity contribution < 1.29 is 9.59 Å². The second-order valence-electron chi connectivity index (χ2n) is 5.41. The van der Waals surface area contributed by atoms with Gasteiger partial charge in [-0.1, -0.05) is 18.2 Å². The van der Waals surface area contributed by atoms with Crippen LogP contribution < -0.4 is 5.73 Å². The standard InChI is InChI=1S/C18H21N3O2/c1-4-21(13(3)17(19)22)18(23)15-10-8-14(9-11-15)16-7-5-6-12(2)20-16/h5-11,13H,4H2,1-3H3,(H2,19,22). The van der Waals surface area contributed by atoms with Gasteiger partial charge in [0.25, 0.3) is 5.91 Å². The Hall–Kier alpha value is -2.69. The number of amides is 2. The van der Waals surface area contributed by atoms with Crippen molar-refractivity contribution in [1.29, 1.82) is 0 Å². The number of likely N-dealkylation sites (N-methyl/N-ethyl adjacent to an activating group) is 1. The van der Waals surface area contributed by atoms with Crippen molar-refractivity contribution in [2.24, 2.45) is 5.73 Å². The molecule has 2 N–H and O–H groups in total. The van der Waals surface area contributed by atoms with Crippen LogP contribution in [0.5, 0.6) is 0 Å². The average Bonchev–Trinajstić information content (AvgIpc) is 2.55. The minimum absolute atomic E-state index is 0.206. The number of hydrogen-bond acceptors (Lipinski definition) is 3. The fourth-order valence-corrected chi connectivity index (χ4v) is 2.40. The molecule has 120 valence electrons. The van der Waals surface area contributed by atoms with E-state index in [9.17, 15) is 9.59 Å². The van der Waals surface area contributed by atoms with Crippen LogP contribution in [0.1, 0.15) is 29.9 Å². The largest absolute Gasteiger partial charge is 0.368 e. The summed E-state index contributed by atoms with van der Waals surface area (Å²) in [6.45, 7) is 5.81. The molecule has 0 saturated heterocycles. The summed E-state index contributed by atoms with van der Waals surface area (Å²) >= 11 is 0. The van der Waals surface area contributed by atoms with E-state index in [1.165, 1.54) is 4.90 Å². The summed E-state index contributed by atoms with van der Waals surface area (Å²) in [6.07, 6.45) is 0. The number of hydrogen-bond donors (Lipinski definition) is 1. The van der Waals surface area contributed by atoms with Crippen molar-refractivity contribution in [3.05, 3.63) is 53.7 Å². The molecule has 0 aliphatic carbocycles. The predicted molar refractivity (Wildman–Crippen MR) is 89.8 cm³/mol. The van der Waals surface area contributed by atoms with Crippen LogP contribution in [0.3, 0.4) is 0 Å². The molecule has 2 aromatic rings. The zero-order chi connectivity index (χ0) is 17.0. The molecule has 0 bridgehead atoms. The second-order valence-corrected chi connectivity index (χ2v) is 5.41. The Morgan fingerprint density at radius 1 is 1.17 bits per heavy atom. The first-order valence-corrected chi connectivity index (χ1v) is 7.58. The Balaban J connectivity index is 2.25. The molecule has 1 unspecified atom stereocenters. The minimum atomic E-state index is -0.634. The lowest BCUT2D eigenvalue weighted by molar-refractivity contribution is -0.121. The summed E-state index contributed by atoms with van der Waals surface area (Å²) in [7, 11) is 0. The highest BCUT2D eigenvalue weighted by Crippen LogP contribution is 2.19. The van der Waals surface area contributed by atoms with E-state index >= 15 is 0 Å². The lowest BCUT2D eigenvalue weighted by atomic mass is 10.1. The minimum Gasteiger partial charge on any atom is -0.368 e. The van der Waals surface area contributed by atoms with Gasteiger partial charge in [-0.15, -0.1) is 0 Å². The van der Waals surface area contributed by atoms with Crippen LogP contribution in [-0.2, 0) is 4.79 Å². The van der Waals surface area contributed by atoms with E-state index in [-0.39, 0.29) is 5.91 Å². The third-order valence-electron chi connectivity index (χ3n) is 3.80. The molecule has 0 aliphatic heterocycles. The maximum atomic E-state index is 12.5. The molecule has 1 atom stereocenters. The van der Waals surface area contributed by atoms with Gasteiger partial charge in [0.05, 0.1) is 5.69 Å². The van der Waals surface area contributed by atoms with Gasteiger partial charge in [-0.3, -0.25) is 14.6 Å². The van der Waals surface area contributed by atoms with Crippen LogP contribution in [0.2, 0.25) is 0 Å². The van der Waals surface area contributed by atoms with E-state index in [0.29, 0.717) is 12.1 Å². The summed E-state index contributed by atoms with van der Waals surface area (Å²) in [6, 6.07) is 12.4. The first-order chi connectivity index (χ1) is 10.9. The van der Waals surface area contributed by atoms with E-state index < -0.39 is 11.9 Å². The van der Waals surface area contributed by atoms with Crippen LogP contribution in [0.4, 0.5) is 0 Å². The zero-order valence-corrected chi connectivity index (χ0v) is 13.6. The highest BCUT2D eigenvalue weighted by Gasteiger charge is 2.23. The number of nitrogens with zero attached hydrogens (tertiary/aromatic N) is 2. The molecule has 0 saturated carbocycles. The average molecular weight is 311 g/mol. The maximum absolute atomic E-state index is 12.5. The van der Waals surface area contributed by atoms with Crippen molar-refractivity contribution in [2.75, 3.05) is 6.54 Å². The molecule has 0 spiro atoms. The number of carbonyl (C=O) groups is 2. The molecule has 1 heterocycles. The Morgan fingerprint density at radius 3 is 2.35 bits per heavy atom. The molecule has 0 fully saturated rings. The van der Waals surface area contributed by atoms with Gasteiger partial charge in [-0.2, -0.15) is 0 Å². The molecule has 2 rings (SSSR count). The molecule has 0 radical (unpaired) electrons. The first-order valence-electron chi connectivity index (χ1n) is 7.58. The summed E-state index contributed by atoms with van der Waals surface area (Å²) in [4.78, 5) is 29.8. The summed E-state index contributed by atoms with van der Waals surface area (Å²) in [5.41, 5.74) is 8.57. The van der Waals surface area contributed by atoms with Crippen molar-refractivity contribution in [1.82, 2.24) is 9.88 Å². The summed E-state index contributed by atoms with van der Waals surface area (Å²) < 4.78 is 0. The van der Waals surface area contributed by atoms with Crippen LogP contribution in [0.15, 0.2) is 42.5 Å². The van der Waals surface area contributed by atoms with E-state index in [2.05, 4.69) is 4.98 Å². The van der Waals surface area contributed by atoms with Crippen LogP contribution in [0.25, 0.3) is 11.3 Å². The quantitative estimate of drug-likeness (QED) is 0.921. The third kappa shape index (κ3) is 3.74. The number of primary amides is 1. The maximum Gasteiger partial charge on any atom is 0.254 e. The highest BCUT2D eigenvalue weighted by atomic mass is 16.2. The van der Waals surface area contributed by atoms with E-state index in [1.54, 1.807) is 19.1 Å². The molecule has 5 heteroatoms. The Morgan fingerprint density at radius 2 is 1.83 bits per heavy atom. The predicted octanol–water partition coefficient (Wildman–Crippen LogP) is 2.39.